The highest BCUT2D eigenvalue weighted by Crippen LogP contribution is 2.39. The first-order valence-electron chi connectivity index (χ1n) is 8.69. The molecule has 3 nitrogen and oxygen atoms in total. The molecule has 4 heteroatoms. The fourth-order valence-electron chi connectivity index (χ4n) is 2.71. The van der Waals surface area contributed by atoms with Gasteiger partial charge in [0, 0.05) is 11.1 Å². The summed E-state index contributed by atoms with van der Waals surface area (Å²) < 4.78 is 18.4. The molecular weight excluding hydrogens is 331 g/mol. The number of esters is 1. The Hall–Kier alpha value is -2.36. The monoisotopic (exact) mass is 358 g/mol. The first-order valence-corrected chi connectivity index (χ1v) is 8.69. The number of ether oxygens (including phenoxy) is 1. The molecule has 0 aromatic heterocycles. The van der Waals surface area contributed by atoms with Gasteiger partial charge >= 0.3 is 5.97 Å². The predicted octanol–water partition coefficient (Wildman–Crippen LogP) is 5.48. The van der Waals surface area contributed by atoms with Crippen molar-refractivity contribution in [2.45, 2.75) is 59.0 Å². The number of hydrogen-bond acceptors (Lipinski definition) is 3. The molecule has 2 rings (SSSR count). The van der Waals surface area contributed by atoms with E-state index in [4.69, 9.17) is 4.74 Å². The van der Waals surface area contributed by atoms with Gasteiger partial charge < -0.3 is 9.84 Å². The van der Waals surface area contributed by atoms with Crippen LogP contribution in [0.15, 0.2) is 36.4 Å². The van der Waals surface area contributed by atoms with Crippen molar-refractivity contribution < 1.29 is 19.0 Å². The van der Waals surface area contributed by atoms with Crippen molar-refractivity contribution >= 4 is 5.97 Å². The number of phenolic OH excluding ortho intramolecular Hbond substituents is 1. The van der Waals surface area contributed by atoms with Gasteiger partial charge in [-0.25, -0.2) is 9.18 Å². The van der Waals surface area contributed by atoms with Gasteiger partial charge in [0.25, 0.3) is 0 Å². The Morgan fingerprint density at radius 3 is 1.85 bits per heavy atom. The minimum Gasteiger partial charge on any atom is -0.507 e. The molecule has 0 fully saturated rings. The van der Waals surface area contributed by atoms with Crippen LogP contribution in [-0.2, 0) is 22.2 Å². The van der Waals surface area contributed by atoms with E-state index in [1.165, 1.54) is 12.1 Å². The first kappa shape index (κ1) is 20.0. The Morgan fingerprint density at radius 2 is 1.42 bits per heavy atom. The van der Waals surface area contributed by atoms with Gasteiger partial charge in [-0.15, -0.1) is 0 Å². The summed E-state index contributed by atoms with van der Waals surface area (Å²) >= 11 is 0. The minimum atomic E-state index is -0.467. The molecule has 0 radical (unpaired) electrons. The van der Waals surface area contributed by atoms with Gasteiger partial charge in [0.1, 0.15) is 18.2 Å². The van der Waals surface area contributed by atoms with E-state index >= 15 is 0 Å². The maximum Gasteiger partial charge on any atom is 0.338 e. The van der Waals surface area contributed by atoms with Crippen molar-refractivity contribution in [1.29, 1.82) is 0 Å². The molecular formula is C22H27FO3. The maximum atomic E-state index is 13.0. The molecule has 0 saturated heterocycles. The lowest BCUT2D eigenvalue weighted by molar-refractivity contribution is 0.0472. The van der Waals surface area contributed by atoms with Gasteiger partial charge in [-0.05, 0) is 40.7 Å². The average molecular weight is 358 g/mol. The van der Waals surface area contributed by atoms with Crippen molar-refractivity contribution in [2.75, 3.05) is 0 Å². The quantitative estimate of drug-likeness (QED) is 0.739. The lowest BCUT2D eigenvalue weighted by atomic mass is 9.78. The van der Waals surface area contributed by atoms with Crippen LogP contribution in [0.3, 0.4) is 0 Å². The van der Waals surface area contributed by atoms with Crippen LogP contribution in [-0.4, -0.2) is 11.1 Å². The van der Waals surface area contributed by atoms with Crippen molar-refractivity contribution in [3.8, 4) is 5.75 Å². The Morgan fingerprint density at radius 1 is 0.962 bits per heavy atom. The lowest BCUT2D eigenvalue weighted by Gasteiger charge is -2.28. The Bertz CT molecular complexity index is 759. The smallest absolute Gasteiger partial charge is 0.338 e. The highest BCUT2D eigenvalue weighted by molar-refractivity contribution is 5.90. The molecule has 2 aromatic rings. The van der Waals surface area contributed by atoms with Crippen LogP contribution in [0.5, 0.6) is 5.75 Å². The molecule has 2 aromatic carbocycles. The third-order valence-electron chi connectivity index (χ3n) is 4.24. The van der Waals surface area contributed by atoms with Crippen LogP contribution in [0.4, 0.5) is 4.39 Å². The fourth-order valence-corrected chi connectivity index (χ4v) is 2.71. The lowest BCUT2D eigenvalue weighted by Crippen LogP contribution is -2.19. The number of hydrogen-bond donors (Lipinski definition) is 1. The largest absolute Gasteiger partial charge is 0.507 e. The van der Waals surface area contributed by atoms with Gasteiger partial charge in [-0.1, -0.05) is 53.7 Å². The van der Waals surface area contributed by atoms with E-state index < -0.39 is 5.97 Å². The Balaban J connectivity index is 2.35. The number of rotatable bonds is 3. The number of carbonyl (C=O) groups is 1. The molecule has 0 aliphatic carbocycles. The molecule has 0 spiro atoms. The molecule has 1 N–H and O–H groups in total. The molecule has 140 valence electrons. The Labute approximate surface area is 154 Å². The van der Waals surface area contributed by atoms with Crippen LogP contribution < -0.4 is 0 Å². The van der Waals surface area contributed by atoms with Crippen molar-refractivity contribution in [3.05, 3.63) is 64.5 Å². The topological polar surface area (TPSA) is 46.5 Å². The van der Waals surface area contributed by atoms with E-state index in [0.29, 0.717) is 22.3 Å². The zero-order valence-corrected chi connectivity index (χ0v) is 16.3. The van der Waals surface area contributed by atoms with Gasteiger partial charge in [0.2, 0.25) is 0 Å². The van der Waals surface area contributed by atoms with E-state index in [2.05, 4.69) is 0 Å². The standard InChI is InChI=1S/C22H27FO3/c1-21(2,3)17-11-15(12-18(19(17)24)22(4,5)6)20(25)26-13-14-7-9-16(23)10-8-14/h7-12,24H,13H2,1-6H3. The van der Waals surface area contributed by atoms with Crippen molar-refractivity contribution in [1.82, 2.24) is 0 Å². The first-order chi connectivity index (χ1) is 11.9. The number of carbonyl (C=O) groups excluding carboxylic acids is 1. The molecule has 0 amide bonds. The summed E-state index contributed by atoms with van der Waals surface area (Å²) in [6.45, 7) is 12.0. The van der Waals surface area contributed by atoms with Gasteiger partial charge in [-0.3, -0.25) is 0 Å². The van der Waals surface area contributed by atoms with Crippen molar-refractivity contribution in [3.63, 3.8) is 0 Å². The fraction of sp³-hybridized carbons (Fsp3) is 0.409. The van der Waals surface area contributed by atoms with Crippen LogP contribution >= 0.6 is 0 Å². The number of aromatic hydroxyl groups is 1. The predicted molar refractivity (Wildman–Crippen MR) is 101 cm³/mol. The van der Waals surface area contributed by atoms with Crippen LogP contribution in [0.2, 0.25) is 0 Å². The van der Waals surface area contributed by atoms with Gasteiger partial charge in [0.15, 0.2) is 0 Å². The summed E-state index contributed by atoms with van der Waals surface area (Å²) in [7, 11) is 0. The molecule has 0 saturated carbocycles. The number of benzene rings is 2. The van der Waals surface area contributed by atoms with E-state index in [-0.39, 0.29) is 29.0 Å². The zero-order valence-electron chi connectivity index (χ0n) is 16.3. The van der Waals surface area contributed by atoms with Gasteiger partial charge in [0.05, 0.1) is 5.56 Å². The third-order valence-corrected chi connectivity index (χ3v) is 4.24. The summed E-state index contributed by atoms with van der Waals surface area (Å²) in [5.41, 5.74) is 1.89. The summed E-state index contributed by atoms with van der Waals surface area (Å²) in [5.74, 6) is -0.575. The SMILES string of the molecule is CC(C)(C)c1cc(C(=O)OCc2ccc(F)cc2)cc(C(C)(C)C)c1O. The molecule has 0 atom stereocenters. The summed E-state index contributed by atoms with van der Waals surface area (Å²) in [6, 6.07) is 9.22. The third kappa shape index (κ3) is 4.63. The van der Waals surface area contributed by atoms with Crippen molar-refractivity contribution in [2.24, 2.45) is 0 Å². The van der Waals surface area contributed by atoms with E-state index in [1.54, 1.807) is 24.3 Å². The Kier molecular flexibility index (Phi) is 5.45. The zero-order chi connectivity index (χ0) is 19.7. The second kappa shape index (κ2) is 7.10. The minimum absolute atomic E-state index is 0.0652. The molecule has 0 aliphatic rings. The molecule has 0 aliphatic heterocycles. The molecule has 0 heterocycles. The summed E-state index contributed by atoms with van der Waals surface area (Å²) in [4.78, 5) is 12.6. The van der Waals surface area contributed by atoms with Crippen LogP contribution in [0, 0.1) is 5.82 Å². The van der Waals surface area contributed by atoms with Crippen LogP contribution in [0.1, 0.15) is 68.6 Å². The summed E-state index contributed by atoms with van der Waals surface area (Å²) in [5, 5.41) is 10.7. The second-order valence-corrected chi connectivity index (χ2v) is 8.62. The van der Waals surface area contributed by atoms with E-state index in [1.807, 2.05) is 41.5 Å². The molecule has 0 unspecified atom stereocenters. The van der Waals surface area contributed by atoms with E-state index in [9.17, 15) is 14.3 Å². The number of halogens is 1. The maximum absolute atomic E-state index is 13.0. The summed E-state index contributed by atoms with van der Waals surface area (Å²) in [6.07, 6.45) is 0. The van der Waals surface area contributed by atoms with E-state index in [0.717, 1.165) is 0 Å². The van der Waals surface area contributed by atoms with Gasteiger partial charge in [-0.2, -0.15) is 0 Å². The molecule has 0 bridgehead atoms. The highest BCUT2D eigenvalue weighted by Gasteiger charge is 2.28. The average Bonchev–Trinajstić information content (AvgIpc) is 2.52. The van der Waals surface area contributed by atoms with Crippen LogP contribution in [0.25, 0.3) is 0 Å². The second-order valence-electron chi connectivity index (χ2n) is 8.62. The normalized spacial score (nSPS) is 12.1. The highest BCUT2D eigenvalue weighted by atomic mass is 19.1. The molecule has 26 heavy (non-hydrogen) atoms. The number of phenols is 1.